The Morgan fingerprint density at radius 3 is 2.62 bits per heavy atom. The maximum Gasteiger partial charge on any atom is 0.247 e. The van der Waals surface area contributed by atoms with Gasteiger partial charge >= 0.3 is 0 Å². The molecule has 3 aromatic carbocycles. The van der Waals surface area contributed by atoms with Crippen LogP contribution in [-0.4, -0.2) is 45.0 Å². The van der Waals surface area contributed by atoms with Crippen molar-refractivity contribution < 1.29 is 23.5 Å². The summed E-state index contributed by atoms with van der Waals surface area (Å²) in [5.41, 5.74) is 2.61. The van der Waals surface area contributed by atoms with Crippen LogP contribution in [-0.2, 0) is 22.7 Å². The highest BCUT2D eigenvalue weighted by Gasteiger charge is 2.32. The number of para-hydroxylation sites is 1. The number of hydrogen-bond donors (Lipinski definition) is 1. The average Bonchev–Trinajstić information content (AvgIpc) is 3.56. The minimum absolute atomic E-state index is 0.0990. The maximum absolute atomic E-state index is 14.0. The molecule has 0 radical (unpaired) electrons. The molecule has 1 atom stereocenters. The van der Waals surface area contributed by atoms with Crippen molar-refractivity contribution in [3.8, 4) is 11.5 Å². The molecule has 1 aliphatic heterocycles. The summed E-state index contributed by atoms with van der Waals surface area (Å²) in [5.74, 6) is 0.451. The molecule has 0 spiro atoms. The molecule has 0 saturated carbocycles. The minimum Gasteiger partial charge on any atom is -0.454 e. The number of nitrogens with one attached hydrogen (secondary N) is 1. The Labute approximate surface area is 225 Å². The lowest BCUT2D eigenvalue weighted by Crippen LogP contribution is -2.45. The van der Waals surface area contributed by atoms with Crippen molar-refractivity contribution in [2.45, 2.75) is 39.4 Å². The highest BCUT2D eigenvalue weighted by molar-refractivity contribution is 5.89. The van der Waals surface area contributed by atoms with Gasteiger partial charge in [0.25, 0.3) is 0 Å². The number of rotatable bonds is 10. The van der Waals surface area contributed by atoms with Crippen LogP contribution in [0.25, 0.3) is 11.0 Å². The van der Waals surface area contributed by atoms with E-state index in [2.05, 4.69) is 29.5 Å². The minimum atomic E-state index is -1.01. The van der Waals surface area contributed by atoms with Gasteiger partial charge in [0.15, 0.2) is 11.5 Å². The lowest BCUT2D eigenvalue weighted by molar-refractivity contribution is -0.142. The standard InChI is InChI=1S/C29H30FN5O4/c1-19(2)13-14-31-29(37)28(21-8-10-22(30)11-9-21)34(16-20-7-12-25-26(15-20)39-18-38-25)27(36)17-35-24-6-4-3-5-23(24)32-33-35/h3-12,15,19,28H,13-14,16-18H2,1-2H3,(H,31,37)/t28-/m1/s1. The molecule has 1 aliphatic rings. The summed E-state index contributed by atoms with van der Waals surface area (Å²) in [6, 6.07) is 17.4. The summed E-state index contributed by atoms with van der Waals surface area (Å²) < 4.78 is 26.3. The lowest BCUT2D eigenvalue weighted by atomic mass is 10.0. The largest absolute Gasteiger partial charge is 0.454 e. The molecule has 202 valence electrons. The Hall–Kier alpha value is -4.47. The van der Waals surface area contributed by atoms with Crippen molar-refractivity contribution in [2.24, 2.45) is 5.92 Å². The maximum atomic E-state index is 14.0. The lowest BCUT2D eigenvalue weighted by Gasteiger charge is -2.32. The zero-order chi connectivity index (χ0) is 27.4. The predicted molar refractivity (Wildman–Crippen MR) is 142 cm³/mol. The number of amides is 2. The van der Waals surface area contributed by atoms with Crippen LogP contribution in [0.15, 0.2) is 66.7 Å². The summed E-state index contributed by atoms with van der Waals surface area (Å²) in [6.45, 7) is 4.68. The van der Waals surface area contributed by atoms with E-state index in [1.165, 1.54) is 33.8 Å². The Kier molecular flexibility index (Phi) is 7.72. The molecular weight excluding hydrogens is 501 g/mol. The molecule has 0 unspecified atom stereocenters. The number of carbonyl (C=O) groups is 2. The monoisotopic (exact) mass is 531 g/mol. The zero-order valence-corrected chi connectivity index (χ0v) is 21.8. The van der Waals surface area contributed by atoms with Gasteiger partial charge in [-0.3, -0.25) is 9.59 Å². The third-order valence-electron chi connectivity index (χ3n) is 6.58. The molecule has 2 heterocycles. The molecule has 0 saturated heterocycles. The van der Waals surface area contributed by atoms with E-state index >= 15 is 0 Å². The number of benzene rings is 3. The van der Waals surface area contributed by atoms with Crippen molar-refractivity contribution in [3.05, 3.63) is 83.7 Å². The van der Waals surface area contributed by atoms with Crippen LogP contribution in [0.5, 0.6) is 11.5 Å². The van der Waals surface area contributed by atoms with Crippen LogP contribution in [0.2, 0.25) is 0 Å². The first-order valence-electron chi connectivity index (χ1n) is 12.9. The molecule has 0 bridgehead atoms. The average molecular weight is 532 g/mol. The fraction of sp³-hybridized carbons (Fsp3) is 0.310. The molecule has 9 nitrogen and oxygen atoms in total. The van der Waals surface area contributed by atoms with Crippen molar-refractivity contribution in [3.63, 3.8) is 0 Å². The fourth-order valence-electron chi connectivity index (χ4n) is 4.51. The van der Waals surface area contributed by atoms with Gasteiger partial charge in [-0.2, -0.15) is 0 Å². The first-order chi connectivity index (χ1) is 18.9. The number of halogens is 1. The van der Waals surface area contributed by atoms with Gasteiger partial charge in [0.1, 0.15) is 23.9 Å². The van der Waals surface area contributed by atoms with Gasteiger partial charge in [0.05, 0.1) is 5.52 Å². The van der Waals surface area contributed by atoms with E-state index < -0.39 is 11.9 Å². The Balaban J connectivity index is 1.51. The second-order valence-electron chi connectivity index (χ2n) is 9.87. The van der Waals surface area contributed by atoms with Gasteiger partial charge in [0, 0.05) is 13.1 Å². The van der Waals surface area contributed by atoms with E-state index in [0.717, 1.165) is 12.0 Å². The number of carbonyl (C=O) groups excluding carboxylic acids is 2. The van der Waals surface area contributed by atoms with Gasteiger partial charge in [-0.15, -0.1) is 5.10 Å². The second-order valence-corrected chi connectivity index (χ2v) is 9.87. The smallest absolute Gasteiger partial charge is 0.247 e. The first kappa shape index (κ1) is 26.1. The molecule has 1 aromatic heterocycles. The van der Waals surface area contributed by atoms with E-state index in [-0.39, 0.29) is 31.7 Å². The molecule has 39 heavy (non-hydrogen) atoms. The Bertz CT molecular complexity index is 1470. The van der Waals surface area contributed by atoms with Gasteiger partial charge < -0.3 is 19.7 Å². The van der Waals surface area contributed by atoms with Gasteiger partial charge in [-0.05, 0) is 59.9 Å². The summed E-state index contributed by atoms with van der Waals surface area (Å²) >= 11 is 0. The van der Waals surface area contributed by atoms with Crippen molar-refractivity contribution in [2.75, 3.05) is 13.3 Å². The third-order valence-corrected chi connectivity index (χ3v) is 6.58. The SMILES string of the molecule is CC(C)CCNC(=O)[C@@H](c1ccc(F)cc1)N(Cc1ccc2c(c1)OCO2)C(=O)Cn1nnc2ccccc21. The number of aromatic nitrogens is 3. The highest BCUT2D eigenvalue weighted by Crippen LogP contribution is 2.34. The van der Waals surface area contributed by atoms with Crippen LogP contribution in [0.3, 0.4) is 0 Å². The van der Waals surface area contributed by atoms with Gasteiger partial charge in [-0.1, -0.05) is 49.4 Å². The third kappa shape index (κ3) is 6.00. The number of fused-ring (bicyclic) bond motifs is 2. The summed E-state index contributed by atoms with van der Waals surface area (Å²) in [5, 5.41) is 11.3. The van der Waals surface area contributed by atoms with E-state index in [4.69, 9.17) is 9.47 Å². The van der Waals surface area contributed by atoms with Crippen LogP contribution in [0, 0.1) is 11.7 Å². The van der Waals surface area contributed by atoms with E-state index in [0.29, 0.717) is 40.6 Å². The van der Waals surface area contributed by atoms with E-state index in [9.17, 15) is 14.0 Å². The van der Waals surface area contributed by atoms with Crippen LogP contribution in [0.1, 0.15) is 37.4 Å². The Morgan fingerprint density at radius 1 is 1.05 bits per heavy atom. The van der Waals surface area contributed by atoms with Crippen molar-refractivity contribution in [1.82, 2.24) is 25.2 Å². The normalized spacial score (nSPS) is 13.0. The number of hydrogen-bond acceptors (Lipinski definition) is 6. The van der Waals surface area contributed by atoms with Crippen LogP contribution < -0.4 is 14.8 Å². The molecular formula is C29H30FN5O4. The van der Waals surface area contributed by atoms with Crippen molar-refractivity contribution >= 4 is 22.8 Å². The van der Waals surface area contributed by atoms with Crippen LogP contribution in [0.4, 0.5) is 4.39 Å². The van der Waals surface area contributed by atoms with E-state index in [1.807, 2.05) is 30.3 Å². The molecule has 1 N–H and O–H groups in total. The molecule has 0 aliphatic carbocycles. The second kappa shape index (κ2) is 11.5. The van der Waals surface area contributed by atoms with E-state index in [1.54, 1.807) is 12.1 Å². The molecule has 4 aromatic rings. The summed E-state index contributed by atoms with van der Waals surface area (Å²) in [7, 11) is 0. The highest BCUT2D eigenvalue weighted by atomic mass is 19.1. The Morgan fingerprint density at radius 2 is 1.82 bits per heavy atom. The van der Waals surface area contributed by atoms with Crippen molar-refractivity contribution in [1.29, 1.82) is 0 Å². The zero-order valence-electron chi connectivity index (χ0n) is 21.8. The predicted octanol–water partition coefficient (Wildman–Crippen LogP) is 4.23. The fourth-order valence-corrected chi connectivity index (χ4v) is 4.51. The first-order valence-corrected chi connectivity index (χ1v) is 12.9. The van der Waals surface area contributed by atoms with Gasteiger partial charge in [-0.25, -0.2) is 9.07 Å². The quantitative estimate of drug-likeness (QED) is 0.329. The van der Waals surface area contributed by atoms with Gasteiger partial charge in [0.2, 0.25) is 18.6 Å². The number of nitrogens with zero attached hydrogens (tertiary/aromatic N) is 4. The number of ether oxygens (including phenoxy) is 2. The molecule has 0 fully saturated rings. The summed E-state index contributed by atoms with van der Waals surface area (Å²) in [6.07, 6.45) is 0.781. The topological polar surface area (TPSA) is 98.6 Å². The molecule has 10 heteroatoms. The molecule has 5 rings (SSSR count). The summed E-state index contributed by atoms with van der Waals surface area (Å²) in [4.78, 5) is 29.1. The van der Waals surface area contributed by atoms with Crippen LogP contribution >= 0.6 is 0 Å². The molecule has 2 amide bonds.